The Labute approximate surface area is 171 Å². The van der Waals surface area contributed by atoms with Gasteiger partial charge in [0.05, 0.1) is 5.60 Å². The maximum absolute atomic E-state index is 11.1. The van der Waals surface area contributed by atoms with E-state index in [1.54, 1.807) is 0 Å². The Bertz CT molecular complexity index is 795. The van der Waals surface area contributed by atoms with E-state index in [-0.39, 0.29) is 5.91 Å². The molecule has 0 spiro atoms. The number of aliphatic hydroxyl groups is 1. The third-order valence-electron chi connectivity index (χ3n) is 5.90. The van der Waals surface area contributed by atoms with Gasteiger partial charge in [0.15, 0.2) is 0 Å². The van der Waals surface area contributed by atoms with Gasteiger partial charge in [0, 0.05) is 42.9 Å². The number of nitrogens with zero attached hydrogens (tertiary/aromatic N) is 1. The summed E-state index contributed by atoms with van der Waals surface area (Å²) in [5.74, 6) is 2.15. The first-order chi connectivity index (χ1) is 13.5. The molecule has 1 saturated heterocycles. The molecule has 0 radical (unpaired) electrons. The number of benzene rings is 2. The predicted octanol–water partition coefficient (Wildman–Crippen LogP) is 4.01. The van der Waals surface area contributed by atoms with Crippen LogP contribution in [-0.2, 0) is 11.2 Å². The van der Waals surface area contributed by atoms with Crippen molar-refractivity contribution in [3.8, 4) is 0 Å². The van der Waals surface area contributed by atoms with Crippen molar-refractivity contribution in [3.63, 3.8) is 0 Å². The third-order valence-corrected chi connectivity index (χ3v) is 7.00. The Morgan fingerprint density at radius 1 is 1.11 bits per heavy atom. The molecule has 1 unspecified atom stereocenters. The second-order valence-electron chi connectivity index (χ2n) is 8.33. The first-order valence-corrected chi connectivity index (χ1v) is 11.0. The summed E-state index contributed by atoms with van der Waals surface area (Å²) in [5, 5.41) is 13.9. The van der Waals surface area contributed by atoms with Gasteiger partial charge in [-0.15, -0.1) is 11.8 Å². The van der Waals surface area contributed by atoms with Gasteiger partial charge in [0.25, 0.3) is 0 Å². The number of hydrogen-bond acceptors (Lipinski definition) is 4. The molecule has 1 amide bonds. The molecule has 4 rings (SSSR count). The van der Waals surface area contributed by atoms with Gasteiger partial charge < -0.3 is 10.4 Å². The van der Waals surface area contributed by atoms with Crippen LogP contribution in [0.2, 0.25) is 0 Å². The van der Waals surface area contributed by atoms with Crippen LogP contribution >= 0.6 is 11.8 Å². The normalized spacial score (nSPS) is 26.9. The molecule has 0 bridgehead atoms. The second kappa shape index (κ2) is 8.27. The van der Waals surface area contributed by atoms with Crippen molar-refractivity contribution < 1.29 is 9.90 Å². The number of carbonyl (C=O) groups excluding carboxylic acids is 1. The summed E-state index contributed by atoms with van der Waals surface area (Å²) in [7, 11) is 0. The van der Waals surface area contributed by atoms with E-state index in [2.05, 4.69) is 46.6 Å². The molecule has 2 aromatic carbocycles. The summed E-state index contributed by atoms with van der Waals surface area (Å²) < 4.78 is 0. The van der Waals surface area contributed by atoms with Gasteiger partial charge in [-0.05, 0) is 54.5 Å². The predicted molar refractivity (Wildman–Crippen MR) is 114 cm³/mol. The van der Waals surface area contributed by atoms with Crippen LogP contribution in [0.4, 0.5) is 5.69 Å². The van der Waals surface area contributed by atoms with Crippen LogP contribution < -0.4 is 5.32 Å². The second-order valence-corrected chi connectivity index (χ2v) is 9.35. The third kappa shape index (κ3) is 4.77. The lowest BCUT2D eigenvalue weighted by molar-refractivity contribution is -0.114. The number of thioether (sulfide) groups is 1. The van der Waals surface area contributed by atoms with Gasteiger partial charge in [0.2, 0.25) is 5.91 Å². The molecule has 3 atom stereocenters. The van der Waals surface area contributed by atoms with Crippen LogP contribution in [-0.4, -0.2) is 40.5 Å². The number of amides is 1. The molecule has 4 nitrogen and oxygen atoms in total. The number of fused-ring (bicyclic) bond motifs is 1. The zero-order chi connectivity index (χ0) is 19.6. The average molecular weight is 397 g/mol. The Morgan fingerprint density at radius 3 is 2.36 bits per heavy atom. The minimum absolute atomic E-state index is 0.0452. The zero-order valence-corrected chi connectivity index (χ0v) is 17.1. The van der Waals surface area contributed by atoms with Crippen molar-refractivity contribution in [2.75, 3.05) is 24.3 Å². The largest absolute Gasteiger partial charge is 0.390 e. The van der Waals surface area contributed by atoms with Crippen LogP contribution in [0.3, 0.4) is 0 Å². The highest BCUT2D eigenvalue weighted by atomic mass is 32.2. The van der Waals surface area contributed by atoms with Crippen molar-refractivity contribution in [3.05, 3.63) is 60.2 Å². The monoisotopic (exact) mass is 396 g/mol. The lowest BCUT2D eigenvalue weighted by Crippen LogP contribution is -2.32. The fraction of sp³-hybridized carbons (Fsp3) is 0.435. The molecular weight excluding hydrogens is 368 g/mol. The molecule has 1 aliphatic carbocycles. The first kappa shape index (κ1) is 19.5. The van der Waals surface area contributed by atoms with Crippen molar-refractivity contribution in [1.82, 2.24) is 4.90 Å². The van der Waals surface area contributed by atoms with E-state index in [0.29, 0.717) is 11.8 Å². The van der Waals surface area contributed by atoms with Crippen molar-refractivity contribution in [2.24, 2.45) is 11.8 Å². The highest BCUT2D eigenvalue weighted by Crippen LogP contribution is 2.45. The Morgan fingerprint density at radius 2 is 1.75 bits per heavy atom. The van der Waals surface area contributed by atoms with Crippen LogP contribution in [0.5, 0.6) is 0 Å². The number of anilines is 1. The summed E-state index contributed by atoms with van der Waals surface area (Å²) in [6.07, 6.45) is 2.61. The number of nitrogens with one attached hydrogen (secondary N) is 1. The molecule has 2 aromatic rings. The number of rotatable bonds is 6. The zero-order valence-electron chi connectivity index (χ0n) is 16.3. The van der Waals surface area contributed by atoms with Gasteiger partial charge in [0.1, 0.15) is 0 Å². The fourth-order valence-electron chi connectivity index (χ4n) is 4.79. The van der Waals surface area contributed by atoms with Crippen LogP contribution in [0, 0.1) is 11.8 Å². The molecule has 148 valence electrons. The van der Waals surface area contributed by atoms with E-state index in [9.17, 15) is 9.90 Å². The van der Waals surface area contributed by atoms with E-state index in [1.807, 2.05) is 30.0 Å². The number of carbonyl (C=O) groups is 1. The van der Waals surface area contributed by atoms with E-state index in [0.717, 1.165) is 43.9 Å². The molecule has 2 N–H and O–H groups in total. The average Bonchev–Trinajstić information content (AvgIpc) is 3.15. The minimum Gasteiger partial charge on any atom is -0.390 e. The molecule has 2 fully saturated rings. The number of likely N-dealkylation sites (tertiary alicyclic amines) is 1. The lowest BCUT2D eigenvalue weighted by Gasteiger charge is -2.26. The maximum atomic E-state index is 11.1. The molecule has 1 aliphatic heterocycles. The molecular formula is C23H28N2O2S. The topological polar surface area (TPSA) is 52.6 Å². The van der Waals surface area contributed by atoms with Gasteiger partial charge in [-0.2, -0.15) is 0 Å². The summed E-state index contributed by atoms with van der Waals surface area (Å²) in [4.78, 5) is 14.8. The standard InChI is InChI=1S/C23H28N2O2S/c1-17(26)24-21-7-9-22(10-8-21)28-16-25-14-19-12-23(27,13-20(19)15-25)11-18-5-3-2-4-6-18/h2-10,19-20,27H,11-16H2,1H3,(H,24,26)/t19-,20+,23?. The molecule has 5 heteroatoms. The quantitative estimate of drug-likeness (QED) is 0.725. The van der Waals surface area contributed by atoms with Crippen LogP contribution in [0.1, 0.15) is 25.3 Å². The van der Waals surface area contributed by atoms with Crippen molar-refractivity contribution in [2.45, 2.75) is 36.7 Å². The molecule has 1 heterocycles. The summed E-state index contributed by atoms with van der Waals surface area (Å²) in [5.41, 5.74) is 1.54. The van der Waals surface area contributed by atoms with Crippen molar-refractivity contribution >= 4 is 23.4 Å². The highest BCUT2D eigenvalue weighted by Gasteiger charge is 2.47. The fourth-order valence-corrected chi connectivity index (χ4v) is 5.66. The first-order valence-electron chi connectivity index (χ1n) is 9.98. The molecule has 0 aromatic heterocycles. The summed E-state index contributed by atoms with van der Waals surface area (Å²) in [6, 6.07) is 18.4. The Balaban J connectivity index is 1.25. The van der Waals surface area contributed by atoms with Gasteiger partial charge in [-0.25, -0.2) is 0 Å². The van der Waals surface area contributed by atoms with E-state index in [4.69, 9.17) is 0 Å². The maximum Gasteiger partial charge on any atom is 0.221 e. The smallest absolute Gasteiger partial charge is 0.221 e. The molecule has 2 aliphatic rings. The molecule has 1 saturated carbocycles. The minimum atomic E-state index is -0.532. The van der Waals surface area contributed by atoms with E-state index >= 15 is 0 Å². The van der Waals surface area contributed by atoms with Crippen molar-refractivity contribution in [1.29, 1.82) is 0 Å². The van der Waals surface area contributed by atoms with Gasteiger partial charge >= 0.3 is 0 Å². The molecule has 28 heavy (non-hydrogen) atoms. The van der Waals surface area contributed by atoms with Crippen LogP contribution in [0.15, 0.2) is 59.5 Å². The lowest BCUT2D eigenvalue weighted by atomic mass is 9.91. The summed E-state index contributed by atoms with van der Waals surface area (Å²) in [6.45, 7) is 3.69. The van der Waals surface area contributed by atoms with E-state index < -0.39 is 5.60 Å². The van der Waals surface area contributed by atoms with Gasteiger partial charge in [-0.1, -0.05) is 30.3 Å². The van der Waals surface area contributed by atoms with Crippen LogP contribution in [0.25, 0.3) is 0 Å². The summed E-state index contributed by atoms with van der Waals surface area (Å²) >= 11 is 1.84. The highest BCUT2D eigenvalue weighted by molar-refractivity contribution is 7.99. The SMILES string of the molecule is CC(=O)Nc1ccc(SCN2C[C@@H]3CC(O)(Cc4ccccc4)C[C@@H]3C2)cc1. The Hall–Kier alpha value is -1.82. The van der Waals surface area contributed by atoms with E-state index in [1.165, 1.54) is 17.4 Å². The Kier molecular flexibility index (Phi) is 5.76. The number of hydrogen-bond donors (Lipinski definition) is 2. The van der Waals surface area contributed by atoms with Gasteiger partial charge in [-0.3, -0.25) is 9.69 Å².